The van der Waals surface area contributed by atoms with Crippen molar-refractivity contribution in [3.05, 3.63) is 131 Å². The molecule has 0 aliphatic rings. The molecule has 1 unspecified atom stereocenters. The Labute approximate surface area is 228 Å². The summed E-state index contributed by atoms with van der Waals surface area (Å²) in [4.78, 5) is 12.3. The predicted molar refractivity (Wildman–Crippen MR) is 134 cm³/mol. The van der Waals surface area contributed by atoms with E-state index in [1.54, 1.807) is 13.0 Å². The topological polar surface area (TPSA) is 46.5 Å². The van der Waals surface area contributed by atoms with E-state index in [2.05, 4.69) is 6.07 Å². The summed E-state index contributed by atoms with van der Waals surface area (Å²) in [5.41, 5.74) is 4.92. The minimum absolute atomic E-state index is 0. The van der Waals surface area contributed by atoms with Gasteiger partial charge in [-0.2, -0.15) is 36.4 Å². The van der Waals surface area contributed by atoms with E-state index in [0.717, 1.165) is 16.7 Å². The van der Waals surface area contributed by atoms with Crippen molar-refractivity contribution in [2.75, 3.05) is 6.61 Å². The van der Waals surface area contributed by atoms with Crippen LogP contribution in [-0.2, 0) is 4.74 Å². The Hall–Kier alpha value is -2.44. The fraction of sp³-hybridized carbons (Fsp3) is 0.138. The van der Waals surface area contributed by atoms with E-state index in [0.29, 0.717) is 17.7 Å². The van der Waals surface area contributed by atoms with E-state index in [1.165, 1.54) is 5.56 Å². The molecular formula is C29H27BrMgO3. The van der Waals surface area contributed by atoms with E-state index in [4.69, 9.17) is 4.74 Å². The number of ether oxygens (including phenoxy) is 1. The maximum atomic E-state index is 12.3. The molecule has 1 N–H and O–H groups in total. The van der Waals surface area contributed by atoms with E-state index in [1.807, 2.05) is 104 Å². The number of aryl methyl sites for hydroxylation is 1. The number of esters is 1. The normalized spacial score (nSPS) is 10.4. The maximum absolute atomic E-state index is 12.3. The Morgan fingerprint density at radius 3 is 2.00 bits per heavy atom. The van der Waals surface area contributed by atoms with Crippen LogP contribution < -0.4 is 17.0 Å². The van der Waals surface area contributed by atoms with Crippen LogP contribution in [0.25, 0.3) is 11.1 Å². The van der Waals surface area contributed by atoms with Crippen molar-refractivity contribution in [3.63, 3.8) is 0 Å². The number of halogens is 1. The fourth-order valence-electron chi connectivity index (χ4n) is 3.22. The van der Waals surface area contributed by atoms with Crippen molar-refractivity contribution >= 4 is 29.0 Å². The minimum atomic E-state index is -0.810. The maximum Gasteiger partial charge on any atom is 2.00 e. The van der Waals surface area contributed by atoms with E-state index in [9.17, 15) is 9.90 Å². The quantitative estimate of drug-likeness (QED) is 0.247. The van der Waals surface area contributed by atoms with Crippen LogP contribution in [0.4, 0.5) is 0 Å². The molecule has 0 radical (unpaired) electrons. The van der Waals surface area contributed by atoms with Crippen LogP contribution in [-0.4, -0.2) is 40.7 Å². The molecule has 4 aromatic rings. The largest absolute Gasteiger partial charge is 2.00 e. The van der Waals surface area contributed by atoms with Crippen molar-refractivity contribution in [3.8, 4) is 11.1 Å². The number of hydrogen-bond donors (Lipinski definition) is 1. The van der Waals surface area contributed by atoms with Gasteiger partial charge in [0, 0.05) is 0 Å². The summed E-state index contributed by atoms with van der Waals surface area (Å²) >= 11 is 0. The first-order valence-electron chi connectivity index (χ1n) is 10.6. The molecule has 170 valence electrons. The smallest absolute Gasteiger partial charge is 1.00 e. The Balaban J connectivity index is 0.000000631. The summed E-state index contributed by atoms with van der Waals surface area (Å²) < 4.78 is 5.16. The molecule has 0 aliphatic heterocycles. The number of hydrogen-bond acceptors (Lipinski definition) is 3. The minimum Gasteiger partial charge on any atom is -1.00 e. The summed E-state index contributed by atoms with van der Waals surface area (Å²) in [6.45, 7) is 4.12. The van der Waals surface area contributed by atoms with Crippen molar-refractivity contribution in [1.29, 1.82) is 0 Å². The number of aliphatic hydroxyl groups is 1. The zero-order valence-corrected chi connectivity index (χ0v) is 22.4. The standard InChI is InChI=1S/C23H22O3.C6H5.BrH.Mg/c1-3-26-23(25)21-14-19(17-11-9-16(2)10-12-17)13-20(15-21)22(24)18-7-5-4-6-8-18;1-2-4-6-5-3-1;;/h4-15,22,24H,3H2,1-2H3;1-5H;1H;/q;-1;;+2/p-1. The van der Waals surface area contributed by atoms with Gasteiger partial charge < -0.3 is 26.8 Å². The van der Waals surface area contributed by atoms with Crippen molar-refractivity contribution < 1.29 is 31.6 Å². The van der Waals surface area contributed by atoms with Crippen LogP contribution in [0, 0.1) is 13.0 Å². The van der Waals surface area contributed by atoms with Gasteiger partial charge in [0.15, 0.2) is 0 Å². The van der Waals surface area contributed by atoms with Gasteiger partial charge in [0.25, 0.3) is 0 Å². The number of rotatable bonds is 5. The Morgan fingerprint density at radius 1 is 0.853 bits per heavy atom. The number of benzene rings is 4. The first-order valence-corrected chi connectivity index (χ1v) is 10.6. The molecule has 4 rings (SSSR count). The van der Waals surface area contributed by atoms with Gasteiger partial charge in [0.2, 0.25) is 0 Å². The van der Waals surface area contributed by atoms with Crippen LogP contribution in [0.2, 0.25) is 0 Å². The van der Waals surface area contributed by atoms with Crippen LogP contribution in [0.5, 0.6) is 0 Å². The van der Waals surface area contributed by atoms with Gasteiger partial charge in [0.1, 0.15) is 6.10 Å². The molecular weight excluding hydrogens is 501 g/mol. The molecule has 0 aliphatic carbocycles. The van der Waals surface area contributed by atoms with Gasteiger partial charge in [0.05, 0.1) is 12.2 Å². The predicted octanol–water partition coefficient (Wildman–Crippen LogP) is 3.03. The van der Waals surface area contributed by atoms with Crippen LogP contribution in [0.3, 0.4) is 0 Å². The summed E-state index contributed by atoms with van der Waals surface area (Å²) in [6, 6.07) is 35.4. The molecule has 0 saturated carbocycles. The second-order valence-electron chi connectivity index (χ2n) is 7.32. The Bertz CT molecular complexity index is 1090. The monoisotopic (exact) mass is 526 g/mol. The Kier molecular flexibility index (Phi) is 13.5. The summed E-state index contributed by atoms with van der Waals surface area (Å²) in [5, 5.41) is 10.8. The Morgan fingerprint density at radius 2 is 1.47 bits per heavy atom. The van der Waals surface area contributed by atoms with Gasteiger partial charge in [-0.05, 0) is 54.3 Å². The third kappa shape index (κ3) is 8.73. The molecule has 3 nitrogen and oxygen atoms in total. The molecule has 0 saturated heterocycles. The van der Waals surface area contributed by atoms with Gasteiger partial charge in [-0.3, -0.25) is 0 Å². The molecule has 0 amide bonds. The SMILES string of the molecule is CCOC(=O)c1cc(-c2ccc(C)cc2)cc(C(O)c2ccccc2)c1.[Br-].[Mg+2].[c-]1ccccc1. The van der Waals surface area contributed by atoms with Gasteiger partial charge >= 0.3 is 29.0 Å². The van der Waals surface area contributed by atoms with Crippen molar-refractivity contribution in [2.45, 2.75) is 20.0 Å². The van der Waals surface area contributed by atoms with Crippen LogP contribution in [0.15, 0.2) is 103 Å². The first kappa shape index (κ1) is 29.6. The van der Waals surface area contributed by atoms with E-state index >= 15 is 0 Å². The second-order valence-corrected chi connectivity index (χ2v) is 7.32. The number of aliphatic hydroxyl groups excluding tert-OH is 1. The summed E-state index contributed by atoms with van der Waals surface area (Å²) in [6.07, 6.45) is -0.810. The third-order valence-electron chi connectivity index (χ3n) is 4.89. The van der Waals surface area contributed by atoms with Crippen LogP contribution in [0.1, 0.15) is 40.1 Å². The average molecular weight is 528 g/mol. The number of carbonyl (C=O) groups is 1. The van der Waals surface area contributed by atoms with E-state index in [-0.39, 0.29) is 46.0 Å². The van der Waals surface area contributed by atoms with E-state index < -0.39 is 6.10 Å². The van der Waals surface area contributed by atoms with Crippen molar-refractivity contribution in [2.24, 2.45) is 0 Å². The number of carbonyl (C=O) groups excluding carboxylic acids is 1. The average Bonchev–Trinajstić information content (AvgIpc) is 2.86. The summed E-state index contributed by atoms with van der Waals surface area (Å²) in [7, 11) is 0. The molecule has 4 aromatic carbocycles. The van der Waals surface area contributed by atoms with Gasteiger partial charge in [-0.1, -0.05) is 60.2 Å². The van der Waals surface area contributed by atoms with Gasteiger partial charge in [-0.25, -0.2) is 4.79 Å². The van der Waals surface area contributed by atoms with Crippen LogP contribution >= 0.6 is 0 Å². The zero-order chi connectivity index (χ0) is 22.8. The molecule has 0 spiro atoms. The van der Waals surface area contributed by atoms with Gasteiger partial charge in [-0.15, -0.1) is 0 Å². The first-order chi connectivity index (χ1) is 15.6. The molecule has 5 heteroatoms. The van der Waals surface area contributed by atoms with Crippen molar-refractivity contribution in [1.82, 2.24) is 0 Å². The molecule has 0 heterocycles. The molecule has 1 atom stereocenters. The molecule has 34 heavy (non-hydrogen) atoms. The molecule has 0 bridgehead atoms. The zero-order valence-electron chi connectivity index (χ0n) is 19.4. The summed E-state index contributed by atoms with van der Waals surface area (Å²) in [5.74, 6) is -0.386. The fourth-order valence-corrected chi connectivity index (χ4v) is 3.22. The third-order valence-corrected chi connectivity index (χ3v) is 4.89. The molecule has 0 fully saturated rings. The second kappa shape index (κ2) is 15.5. The molecule has 0 aromatic heterocycles.